The molecule has 0 aromatic carbocycles. The van der Waals surface area contributed by atoms with E-state index in [-0.39, 0.29) is 39.5 Å². The molecule has 1 aliphatic rings. The first-order chi connectivity index (χ1) is 26.8. The minimum absolute atomic E-state index is 0.186. The van der Waals surface area contributed by atoms with E-state index in [9.17, 15) is 9.59 Å². The number of aromatic nitrogens is 6. The zero-order valence-electron chi connectivity index (χ0n) is 36.7. The Morgan fingerprint density at radius 3 is 1.57 bits per heavy atom. The summed E-state index contributed by atoms with van der Waals surface area (Å²) in [4.78, 5) is 45.0. The van der Waals surface area contributed by atoms with Gasteiger partial charge in [0.2, 0.25) is 0 Å². The molecule has 16 heteroatoms. The summed E-state index contributed by atoms with van der Waals surface area (Å²) in [6.07, 6.45) is 15.5. The Morgan fingerprint density at radius 2 is 1.12 bits per heavy atom. The molecule has 4 aromatic heterocycles. The molecule has 1 fully saturated rings. The molecule has 0 unspecified atom stereocenters. The highest BCUT2D eigenvalue weighted by molar-refractivity contribution is 9.10. The first kappa shape index (κ1) is 48.7. The first-order valence-electron chi connectivity index (χ1n) is 19.4. The van der Waals surface area contributed by atoms with Crippen molar-refractivity contribution in [2.45, 2.75) is 117 Å². The lowest BCUT2D eigenvalue weighted by molar-refractivity contribution is 0.00578. The smallest absolute Gasteiger partial charge is 0.413 e. The molecule has 2 N–H and O–H groups in total. The summed E-state index contributed by atoms with van der Waals surface area (Å²) in [7, 11) is -3.70. The number of hydrogen-bond acceptors (Lipinski definition) is 10. The molecule has 0 spiro atoms. The third-order valence-corrected chi connectivity index (χ3v) is 20.4. The zero-order chi connectivity index (χ0) is 43.6. The van der Waals surface area contributed by atoms with Crippen LogP contribution in [0.4, 0.5) is 0 Å². The summed E-state index contributed by atoms with van der Waals surface area (Å²) in [6, 6.07) is 7.02. The van der Waals surface area contributed by atoms with Crippen molar-refractivity contribution in [1.82, 2.24) is 29.9 Å². The SMILES string of the molecule is CC(C)(C)[Si](C)(C)OC/C=C/c1c[nH]c(=O)c(-c2ccncc2)n1.CC1(C)OB(/C=C/CO[Si](C)(C)C(C)(C)C)OC1(C)C.O=c1[nH]cc(Br)nc1-c1ccncc1. The molecule has 0 radical (unpaired) electrons. The van der Waals surface area contributed by atoms with Crippen LogP contribution >= 0.6 is 15.9 Å². The molecular weight excluding hydrogens is 831 g/mol. The van der Waals surface area contributed by atoms with E-state index >= 15 is 0 Å². The average Bonchev–Trinajstić information content (AvgIpc) is 3.35. The Balaban J connectivity index is 0.000000240. The van der Waals surface area contributed by atoms with Crippen LogP contribution in [0.5, 0.6) is 0 Å². The van der Waals surface area contributed by atoms with Crippen LogP contribution in [0.1, 0.15) is 74.9 Å². The van der Waals surface area contributed by atoms with E-state index in [1.54, 1.807) is 55.2 Å². The molecule has 58 heavy (non-hydrogen) atoms. The van der Waals surface area contributed by atoms with Crippen LogP contribution in [0.25, 0.3) is 28.6 Å². The predicted molar refractivity (Wildman–Crippen MR) is 244 cm³/mol. The number of hydrogen-bond donors (Lipinski definition) is 2. The Labute approximate surface area is 355 Å². The Hall–Kier alpha value is -3.64. The van der Waals surface area contributed by atoms with Crippen molar-refractivity contribution >= 4 is 45.8 Å². The van der Waals surface area contributed by atoms with E-state index in [2.05, 4.69) is 141 Å². The summed E-state index contributed by atoms with van der Waals surface area (Å²) >= 11 is 3.20. The number of pyridine rings is 2. The lowest BCUT2D eigenvalue weighted by atomic mass is 9.90. The van der Waals surface area contributed by atoms with Crippen LogP contribution in [0.2, 0.25) is 36.3 Å². The normalized spacial score (nSPS) is 15.5. The van der Waals surface area contributed by atoms with Gasteiger partial charge in [-0.1, -0.05) is 59.7 Å². The first-order valence-corrected chi connectivity index (χ1v) is 26.0. The second-order valence-corrected chi connectivity index (χ2v) is 28.4. The Kier molecular flexibility index (Phi) is 16.9. The number of rotatable bonds is 10. The van der Waals surface area contributed by atoms with Gasteiger partial charge in [-0.25, -0.2) is 9.97 Å². The third kappa shape index (κ3) is 14.0. The fourth-order valence-electron chi connectivity index (χ4n) is 4.55. The molecule has 5 heterocycles. The molecule has 1 aliphatic heterocycles. The van der Waals surface area contributed by atoms with Gasteiger partial charge in [0.1, 0.15) is 16.0 Å². The molecule has 0 amide bonds. The van der Waals surface area contributed by atoms with Crippen molar-refractivity contribution in [3.63, 3.8) is 0 Å². The third-order valence-electron chi connectivity index (χ3n) is 11.0. The fraction of sp³-hybridized carbons (Fsp3) is 0.476. The molecule has 4 aromatic rings. The standard InChI is InChI=1S/C18H25N3O2Si.C15H31BO3Si.C9H6BrN3O/c1-18(2,3)24(4,5)23-12-6-7-15-13-20-17(22)16(21-15)14-8-10-19-11-9-14;1-13(2,3)20(8,9)17-12-10-11-16-18-14(4,5)15(6,7)19-16;10-7-5-12-9(14)8(13-7)6-1-3-11-4-2-6/h6-11,13H,12H2,1-5H3,(H,20,22);10-11H,12H2,1-9H3;1-5H,(H,12,14)/b7-6+;11-10+;. The molecule has 5 rings (SSSR count). The number of halogens is 1. The number of H-pyrrole nitrogens is 2. The minimum atomic E-state index is -1.75. The van der Waals surface area contributed by atoms with Gasteiger partial charge in [0, 0.05) is 48.3 Å². The van der Waals surface area contributed by atoms with Crippen molar-refractivity contribution in [3.05, 3.63) is 111 Å². The number of nitrogens with zero attached hydrogens (tertiary/aromatic N) is 4. The van der Waals surface area contributed by atoms with Gasteiger partial charge in [-0.15, -0.1) is 0 Å². The van der Waals surface area contributed by atoms with Gasteiger partial charge in [0.05, 0.1) is 30.1 Å². The van der Waals surface area contributed by atoms with Crippen molar-refractivity contribution in [2.24, 2.45) is 0 Å². The van der Waals surface area contributed by atoms with Gasteiger partial charge in [0.25, 0.3) is 11.1 Å². The molecule has 314 valence electrons. The molecule has 0 atom stereocenters. The second kappa shape index (κ2) is 20.1. The van der Waals surface area contributed by atoms with Crippen LogP contribution in [-0.2, 0) is 18.2 Å². The van der Waals surface area contributed by atoms with Crippen LogP contribution in [0.3, 0.4) is 0 Å². The molecule has 0 saturated carbocycles. The van der Waals surface area contributed by atoms with Gasteiger partial charge in [-0.2, -0.15) is 0 Å². The molecule has 12 nitrogen and oxygen atoms in total. The van der Waals surface area contributed by atoms with Crippen LogP contribution in [-0.4, -0.2) is 78.1 Å². The van der Waals surface area contributed by atoms with Gasteiger partial charge in [0.15, 0.2) is 16.6 Å². The molecular formula is C42H62BBrN6O6Si2. The van der Waals surface area contributed by atoms with E-state index in [1.807, 2.05) is 24.2 Å². The lowest BCUT2D eigenvalue weighted by Gasteiger charge is -2.35. The van der Waals surface area contributed by atoms with Crippen molar-refractivity contribution < 1.29 is 18.2 Å². The fourth-order valence-corrected chi connectivity index (χ4v) is 6.73. The Morgan fingerprint density at radius 1 is 0.707 bits per heavy atom. The Bertz CT molecular complexity index is 2080. The monoisotopic (exact) mass is 892 g/mol. The van der Waals surface area contributed by atoms with Crippen LogP contribution < -0.4 is 11.1 Å². The van der Waals surface area contributed by atoms with E-state index < -0.39 is 16.6 Å². The van der Waals surface area contributed by atoms with E-state index in [4.69, 9.17) is 18.2 Å². The quantitative estimate of drug-likeness (QED) is 0.147. The average molecular weight is 894 g/mol. The maximum absolute atomic E-state index is 12.0. The topological polar surface area (TPSA) is 154 Å². The minimum Gasteiger partial charge on any atom is -0.413 e. The summed E-state index contributed by atoms with van der Waals surface area (Å²) in [6.45, 7) is 31.8. The van der Waals surface area contributed by atoms with E-state index in [1.165, 1.54) is 6.20 Å². The summed E-state index contributed by atoms with van der Waals surface area (Å²) < 4.78 is 24.6. The van der Waals surface area contributed by atoms with E-state index in [0.29, 0.717) is 34.9 Å². The van der Waals surface area contributed by atoms with Gasteiger partial charge < -0.3 is 28.1 Å². The number of nitrogens with one attached hydrogen (secondary N) is 2. The summed E-state index contributed by atoms with van der Waals surface area (Å²) in [5.74, 6) is 1.96. The highest BCUT2D eigenvalue weighted by atomic mass is 79.9. The largest absolute Gasteiger partial charge is 0.486 e. The molecule has 1 saturated heterocycles. The lowest BCUT2D eigenvalue weighted by Crippen LogP contribution is -2.41. The molecule has 0 aliphatic carbocycles. The highest BCUT2D eigenvalue weighted by Crippen LogP contribution is 2.38. The van der Waals surface area contributed by atoms with Crippen LogP contribution in [0.15, 0.2) is 93.8 Å². The van der Waals surface area contributed by atoms with E-state index in [0.717, 1.165) is 11.1 Å². The zero-order valence-corrected chi connectivity index (χ0v) is 40.3. The van der Waals surface area contributed by atoms with Crippen molar-refractivity contribution in [3.8, 4) is 22.5 Å². The predicted octanol–water partition coefficient (Wildman–Crippen LogP) is 9.66. The van der Waals surface area contributed by atoms with Gasteiger partial charge in [-0.05, 0) is 110 Å². The van der Waals surface area contributed by atoms with Crippen LogP contribution in [0, 0.1) is 0 Å². The van der Waals surface area contributed by atoms with Gasteiger partial charge >= 0.3 is 7.12 Å². The van der Waals surface area contributed by atoms with Gasteiger partial charge in [-0.3, -0.25) is 19.6 Å². The van der Waals surface area contributed by atoms with Crippen molar-refractivity contribution in [2.75, 3.05) is 13.2 Å². The van der Waals surface area contributed by atoms with Crippen molar-refractivity contribution in [1.29, 1.82) is 0 Å². The second-order valence-electron chi connectivity index (χ2n) is 18.0. The maximum atomic E-state index is 12.0. The molecule has 0 bridgehead atoms. The number of aromatic amines is 2. The highest BCUT2D eigenvalue weighted by Gasteiger charge is 2.50. The maximum Gasteiger partial charge on any atom is 0.486 e. The summed E-state index contributed by atoms with van der Waals surface area (Å²) in [5.41, 5.74) is 2.01. The summed E-state index contributed by atoms with van der Waals surface area (Å²) in [5, 5.41) is 0.427.